The predicted molar refractivity (Wildman–Crippen MR) is 137 cm³/mol. The predicted octanol–water partition coefficient (Wildman–Crippen LogP) is 4.83. The van der Waals surface area contributed by atoms with Crippen LogP contribution in [-0.2, 0) is 4.74 Å². The SMILES string of the molecule is CCCN(CCC)c1cc(N/N=C/c2cccc(C)c2)nc(OCCN2CCOCC2)c1Cl. The van der Waals surface area contributed by atoms with E-state index in [-0.39, 0.29) is 0 Å². The summed E-state index contributed by atoms with van der Waals surface area (Å²) in [7, 11) is 0. The van der Waals surface area contributed by atoms with Gasteiger partial charge in [0.1, 0.15) is 11.6 Å². The fourth-order valence-corrected chi connectivity index (χ4v) is 4.06. The van der Waals surface area contributed by atoms with Crippen molar-refractivity contribution in [2.24, 2.45) is 5.10 Å². The van der Waals surface area contributed by atoms with Crippen LogP contribution in [0.2, 0.25) is 5.02 Å². The van der Waals surface area contributed by atoms with Crippen molar-refractivity contribution in [2.45, 2.75) is 33.6 Å². The van der Waals surface area contributed by atoms with Crippen LogP contribution in [-0.4, -0.2) is 68.6 Å². The van der Waals surface area contributed by atoms with Crippen LogP contribution in [0.4, 0.5) is 11.5 Å². The molecule has 3 rings (SSSR count). The molecule has 180 valence electrons. The molecule has 2 aromatic rings. The van der Waals surface area contributed by atoms with Crippen LogP contribution < -0.4 is 15.1 Å². The zero-order valence-corrected chi connectivity index (χ0v) is 20.8. The lowest BCUT2D eigenvalue weighted by atomic mass is 10.2. The number of anilines is 2. The van der Waals surface area contributed by atoms with Gasteiger partial charge in [0.05, 0.1) is 25.1 Å². The van der Waals surface area contributed by atoms with E-state index in [1.807, 2.05) is 18.2 Å². The van der Waals surface area contributed by atoms with Crippen molar-refractivity contribution in [3.05, 3.63) is 46.5 Å². The van der Waals surface area contributed by atoms with E-state index in [0.717, 1.165) is 70.0 Å². The fourth-order valence-electron chi connectivity index (χ4n) is 3.79. The summed E-state index contributed by atoms with van der Waals surface area (Å²) < 4.78 is 11.5. The number of ether oxygens (including phenoxy) is 2. The molecule has 2 heterocycles. The molecule has 0 radical (unpaired) electrons. The van der Waals surface area contributed by atoms with Gasteiger partial charge in [0.2, 0.25) is 5.88 Å². The van der Waals surface area contributed by atoms with E-state index >= 15 is 0 Å². The molecule has 1 aromatic heterocycles. The van der Waals surface area contributed by atoms with Crippen LogP contribution in [0.5, 0.6) is 5.88 Å². The van der Waals surface area contributed by atoms with Gasteiger partial charge >= 0.3 is 0 Å². The summed E-state index contributed by atoms with van der Waals surface area (Å²) in [6.45, 7) is 12.9. The van der Waals surface area contributed by atoms with Gasteiger partial charge < -0.3 is 14.4 Å². The number of rotatable bonds is 12. The molecular formula is C25H36ClN5O2. The van der Waals surface area contributed by atoms with Crippen LogP contribution in [0.15, 0.2) is 35.4 Å². The van der Waals surface area contributed by atoms with Crippen molar-refractivity contribution in [2.75, 3.05) is 62.9 Å². The molecule has 1 aliphatic rings. The maximum atomic E-state index is 6.79. The zero-order valence-electron chi connectivity index (χ0n) is 20.0. The van der Waals surface area contributed by atoms with Gasteiger partial charge in [-0.25, -0.2) is 0 Å². The largest absolute Gasteiger partial charge is 0.475 e. The number of halogens is 1. The molecule has 0 spiro atoms. The maximum Gasteiger partial charge on any atom is 0.236 e. The van der Waals surface area contributed by atoms with Gasteiger partial charge in [0.25, 0.3) is 0 Å². The van der Waals surface area contributed by atoms with Gasteiger partial charge in [-0.15, -0.1) is 0 Å². The zero-order chi connectivity index (χ0) is 23.5. The van der Waals surface area contributed by atoms with Crippen molar-refractivity contribution < 1.29 is 9.47 Å². The summed E-state index contributed by atoms with van der Waals surface area (Å²) in [6.07, 6.45) is 3.85. The molecule has 1 N–H and O–H groups in total. The normalized spacial score (nSPS) is 14.5. The average Bonchev–Trinajstić information content (AvgIpc) is 2.81. The first kappa shape index (κ1) is 25.3. The number of benzene rings is 1. The second-order valence-electron chi connectivity index (χ2n) is 8.22. The Morgan fingerprint density at radius 1 is 1.21 bits per heavy atom. The number of nitrogens with one attached hydrogen (secondary N) is 1. The van der Waals surface area contributed by atoms with Gasteiger partial charge in [0, 0.05) is 38.8 Å². The van der Waals surface area contributed by atoms with Crippen LogP contribution in [0.25, 0.3) is 0 Å². The van der Waals surface area contributed by atoms with Crippen molar-refractivity contribution in [3.8, 4) is 5.88 Å². The number of hydrogen-bond acceptors (Lipinski definition) is 7. The van der Waals surface area contributed by atoms with Crippen LogP contribution in [0.1, 0.15) is 37.8 Å². The van der Waals surface area contributed by atoms with Gasteiger partial charge in [-0.3, -0.25) is 10.3 Å². The second kappa shape index (κ2) is 13.4. The number of hydrogen-bond donors (Lipinski definition) is 1. The number of aryl methyl sites for hydroxylation is 1. The second-order valence-corrected chi connectivity index (χ2v) is 8.60. The summed E-state index contributed by atoms with van der Waals surface area (Å²) in [6, 6.07) is 10.1. The first-order chi connectivity index (χ1) is 16.1. The molecule has 8 heteroatoms. The minimum atomic E-state index is 0.438. The van der Waals surface area contributed by atoms with E-state index in [9.17, 15) is 0 Å². The van der Waals surface area contributed by atoms with Crippen molar-refractivity contribution in [1.82, 2.24) is 9.88 Å². The van der Waals surface area contributed by atoms with Crippen molar-refractivity contribution in [1.29, 1.82) is 0 Å². The Bertz CT molecular complexity index is 896. The first-order valence-electron chi connectivity index (χ1n) is 11.8. The molecule has 0 atom stereocenters. The number of aromatic nitrogens is 1. The Morgan fingerprint density at radius 3 is 2.67 bits per heavy atom. The van der Waals surface area contributed by atoms with Gasteiger partial charge in [-0.2, -0.15) is 10.1 Å². The number of hydrazone groups is 1. The molecule has 0 aliphatic carbocycles. The van der Waals surface area contributed by atoms with Gasteiger partial charge in [-0.1, -0.05) is 55.3 Å². The molecule has 7 nitrogen and oxygen atoms in total. The summed E-state index contributed by atoms with van der Waals surface area (Å²) in [4.78, 5) is 9.23. The molecule has 1 aromatic carbocycles. The smallest absolute Gasteiger partial charge is 0.236 e. The van der Waals surface area contributed by atoms with Crippen LogP contribution in [0.3, 0.4) is 0 Å². The van der Waals surface area contributed by atoms with E-state index in [0.29, 0.717) is 23.3 Å². The molecule has 1 saturated heterocycles. The maximum absolute atomic E-state index is 6.79. The minimum absolute atomic E-state index is 0.438. The molecule has 0 saturated carbocycles. The van der Waals surface area contributed by atoms with Gasteiger partial charge in [-0.05, 0) is 25.3 Å². The van der Waals surface area contributed by atoms with E-state index in [2.05, 4.69) is 58.2 Å². The first-order valence-corrected chi connectivity index (χ1v) is 12.2. The average molecular weight is 474 g/mol. The Labute approximate surface area is 202 Å². The molecule has 1 aliphatic heterocycles. The van der Waals surface area contributed by atoms with E-state index in [1.54, 1.807) is 6.21 Å². The van der Waals surface area contributed by atoms with Gasteiger partial charge in [0.15, 0.2) is 5.82 Å². The number of morpholine rings is 1. The summed E-state index contributed by atoms with van der Waals surface area (Å²) in [5.74, 6) is 1.05. The Morgan fingerprint density at radius 2 is 1.97 bits per heavy atom. The van der Waals surface area contributed by atoms with E-state index in [1.165, 1.54) is 5.56 Å². The van der Waals surface area contributed by atoms with E-state index < -0.39 is 0 Å². The lowest BCUT2D eigenvalue weighted by Crippen LogP contribution is -2.38. The Balaban J connectivity index is 1.77. The standard InChI is InChI=1S/C25H36ClN5O2/c1-4-9-31(10-5-2)22-18-23(29-27-19-21-8-6-7-20(3)17-21)28-25(24(22)26)33-16-13-30-11-14-32-15-12-30/h6-8,17-19H,4-5,9-16H2,1-3H3,(H,28,29)/b27-19+. The topological polar surface area (TPSA) is 62.2 Å². The monoisotopic (exact) mass is 473 g/mol. The number of nitrogens with zero attached hydrogens (tertiary/aromatic N) is 4. The summed E-state index contributed by atoms with van der Waals surface area (Å²) in [5, 5.41) is 4.94. The highest BCUT2D eigenvalue weighted by Gasteiger charge is 2.18. The molecule has 33 heavy (non-hydrogen) atoms. The highest BCUT2D eigenvalue weighted by Crippen LogP contribution is 2.36. The van der Waals surface area contributed by atoms with Crippen molar-refractivity contribution in [3.63, 3.8) is 0 Å². The fraction of sp³-hybridized carbons (Fsp3) is 0.520. The third-order valence-corrected chi connectivity index (χ3v) is 5.78. The van der Waals surface area contributed by atoms with E-state index in [4.69, 9.17) is 21.1 Å². The lowest BCUT2D eigenvalue weighted by Gasteiger charge is -2.27. The Kier molecular flexibility index (Phi) is 10.2. The van der Waals surface area contributed by atoms with Crippen LogP contribution >= 0.6 is 11.6 Å². The van der Waals surface area contributed by atoms with Crippen molar-refractivity contribution >= 4 is 29.3 Å². The lowest BCUT2D eigenvalue weighted by molar-refractivity contribution is 0.0320. The molecular weight excluding hydrogens is 438 g/mol. The van der Waals surface area contributed by atoms with Crippen LogP contribution in [0, 0.1) is 6.92 Å². The third-order valence-electron chi connectivity index (χ3n) is 5.42. The summed E-state index contributed by atoms with van der Waals surface area (Å²) in [5.41, 5.74) is 6.20. The highest BCUT2D eigenvalue weighted by atomic mass is 35.5. The Hall–Kier alpha value is -2.35. The third kappa shape index (κ3) is 7.88. The highest BCUT2D eigenvalue weighted by molar-refractivity contribution is 6.34. The molecule has 0 bridgehead atoms. The molecule has 1 fully saturated rings. The molecule has 0 amide bonds. The quantitative estimate of drug-likeness (QED) is 0.352. The number of pyridine rings is 1. The summed E-state index contributed by atoms with van der Waals surface area (Å²) >= 11 is 6.79. The minimum Gasteiger partial charge on any atom is -0.475 e. The molecule has 0 unspecified atom stereocenters.